The molecule has 1 fully saturated rings. The number of benzene rings is 1. The molecule has 0 bridgehead atoms. The van der Waals surface area contributed by atoms with Crippen LogP contribution < -0.4 is 9.47 Å². The number of carbonyl (C=O) groups is 1. The first-order chi connectivity index (χ1) is 10.4. The van der Waals surface area contributed by atoms with Crippen molar-refractivity contribution < 1.29 is 22.7 Å². The monoisotopic (exact) mass is 327 g/mol. The number of likely N-dealkylation sites (N-methyl/N-ethyl adjacent to an activating group) is 1. The van der Waals surface area contributed by atoms with E-state index < -0.39 is 9.84 Å². The summed E-state index contributed by atoms with van der Waals surface area (Å²) in [7, 11) is 1.75. The van der Waals surface area contributed by atoms with Gasteiger partial charge in [0.1, 0.15) is 11.5 Å². The van der Waals surface area contributed by atoms with E-state index in [0.29, 0.717) is 17.9 Å². The van der Waals surface area contributed by atoms with Crippen molar-refractivity contribution in [1.82, 2.24) is 4.90 Å². The van der Waals surface area contributed by atoms with Crippen LogP contribution in [0.2, 0.25) is 0 Å². The van der Waals surface area contributed by atoms with Gasteiger partial charge in [0.25, 0.3) is 0 Å². The van der Waals surface area contributed by atoms with Crippen LogP contribution in [0.3, 0.4) is 0 Å². The quantitative estimate of drug-likeness (QED) is 0.803. The van der Waals surface area contributed by atoms with Gasteiger partial charge in [-0.25, -0.2) is 8.42 Å². The molecular weight excluding hydrogens is 306 g/mol. The minimum absolute atomic E-state index is 0.0461. The van der Waals surface area contributed by atoms with Gasteiger partial charge in [0.2, 0.25) is 5.91 Å². The molecule has 1 amide bonds. The minimum atomic E-state index is -3.01. The highest BCUT2D eigenvalue weighted by atomic mass is 32.2. The van der Waals surface area contributed by atoms with Crippen LogP contribution in [-0.4, -0.2) is 58.0 Å². The van der Waals surface area contributed by atoms with Crippen molar-refractivity contribution in [2.45, 2.75) is 18.9 Å². The maximum atomic E-state index is 12.4. The molecule has 1 unspecified atom stereocenters. The largest absolute Gasteiger partial charge is 0.497 e. The third-order valence-corrected chi connectivity index (χ3v) is 5.73. The fraction of sp³-hybridized carbons (Fsp3) is 0.533. The molecule has 1 aromatic carbocycles. The zero-order valence-corrected chi connectivity index (χ0v) is 13.9. The first-order valence-electron chi connectivity index (χ1n) is 7.03. The normalized spacial score (nSPS) is 19.7. The van der Waals surface area contributed by atoms with Gasteiger partial charge in [0.05, 0.1) is 32.1 Å². The van der Waals surface area contributed by atoms with Crippen molar-refractivity contribution in [2.24, 2.45) is 0 Å². The Morgan fingerprint density at radius 3 is 2.59 bits per heavy atom. The molecule has 22 heavy (non-hydrogen) atoms. The molecule has 6 nitrogen and oxygen atoms in total. The molecule has 1 aliphatic heterocycles. The van der Waals surface area contributed by atoms with E-state index in [0.717, 1.165) is 5.56 Å². The second kappa shape index (κ2) is 6.56. The Morgan fingerprint density at radius 1 is 1.32 bits per heavy atom. The topological polar surface area (TPSA) is 72.9 Å². The standard InChI is InChI=1S/C15H21NO5S/c1-16(12-6-7-22(18,19)10-12)15(17)9-11-8-13(20-2)4-5-14(11)21-3/h4-5,8,12H,6-7,9-10H2,1-3H3. The molecule has 2 rings (SSSR count). The molecule has 7 heteroatoms. The lowest BCUT2D eigenvalue weighted by molar-refractivity contribution is -0.130. The van der Waals surface area contributed by atoms with E-state index in [1.54, 1.807) is 39.5 Å². The summed E-state index contributed by atoms with van der Waals surface area (Å²) in [6.07, 6.45) is 0.646. The van der Waals surface area contributed by atoms with Gasteiger partial charge in [-0.2, -0.15) is 0 Å². The van der Waals surface area contributed by atoms with Crippen LogP contribution in [0.4, 0.5) is 0 Å². The molecule has 0 aromatic heterocycles. The Bertz CT molecular complexity index is 656. The summed E-state index contributed by atoms with van der Waals surface area (Å²) in [5, 5.41) is 0. The van der Waals surface area contributed by atoms with Crippen LogP contribution in [-0.2, 0) is 21.1 Å². The van der Waals surface area contributed by atoms with Gasteiger partial charge in [0, 0.05) is 18.7 Å². The zero-order chi connectivity index (χ0) is 16.3. The summed E-state index contributed by atoms with van der Waals surface area (Å²) in [6.45, 7) is 0. The number of amides is 1. The Morgan fingerprint density at radius 2 is 2.05 bits per heavy atom. The number of hydrogen-bond donors (Lipinski definition) is 0. The molecule has 0 aliphatic carbocycles. The van der Waals surface area contributed by atoms with Gasteiger partial charge in [0.15, 0.2) is 9.84 Å². The Kier molecular flexibility index (Phi) is 4.95. The van der Waals surface area contributed by atoms with Gasteiger partial charge in [-0.3, -0.25) is 4.79 Å². The molecule has 0 N–H and O–H groups in total. The highest BCUT2D eigenvalue weighted by Gasteiger charge is 2.32. The van der Waals surface area contributed by atoms with Gasteiger partial charge < -0.3 is 14.4 Å². The highest BCUT2D eigenvalue weighted by Crippen LogP contribution is 2.25. The SMILES string of the molecule is COc1ccc(OC)c(CC(=O)N(C)C2CCS(=O)(=O)C2)c1. The predicted molar refractivity (Wildman–Crippen MR) is 83.1 cm³/mol. The molecular formula is C15H21NO5S. The second-order valence-corrected chi connectivity index (χ2v) is 7.64. The maximum Gasteiger partial charge on any atom is 0.227 e. The molecule has 1 atom stereocenters. The molecule has 0 spiro atoms. The summed E-state index contributed by atoms with van der Waals surface area (Å²) in [5.41, 5.74) is 0.722. The number of hydrogen-bond acceptors (Lipinski definition) is 5. The van der Waals surface area contributed by atoms with Gasteiger partial charge in [-0.1, -0.05) is 0 Å². The second-order valence-electron chi connectivity index (χ2n) is 5.42. The molecule has 1 heterocycles. The number of ether oxygens (including phenoxy) is 2. The summed E-state index contributed by atoms with van der Waals surface area (Å²) in [6, 6.07) is 5.03. The summed E-state index contributed by atoms with van der Waals surface area (Å²) >= 11 is 0. The van der Waals surface area contributed by atoms with Crippen molar-refractivity contribution in [3.63, 3.8) is 0 Å². The number of rotatable bonds is 5. The van der Waals surface area contributed by atoms with Crippen molar-refractivity contribution >= 4 is 15.7 Å². The first-order valence-corrected chi connectivity index (χ1v) is 8.85. The van der Waals surface area contributed by atoms with E-state index >= 15 is 0 Å². The van der Waals surface area contributed by atoms with Crippen LogP contribution >= 0.6 is 0 Å². The van der Waals surface area contributed by atoms with E-state index in [2.05, 4.69) is 0 Å². The molecule has 0 saturated carbocycles. The minimum Gasteiger partial charge on any atom is -0.497 e. The smallest absolute Gasteiger partial charge is 0.227 e. The maximum absolute atomic E-state index is 12.4. The van der Waals surface area contributed by atoms with Crippen LogP contribution in [0.1, 0.15) is 12.0 Å². The molecule has 0 radical (unpaired) electrons. The van der Waals surface area contributed by atoms with Crippen LogP contribution in [0, 0.1) is 0 Å². The summed E-state index contributed by atoms with van der Waals surface area (Å²) in [4.78, 5) is 13.9. The number of methoxy groups -OCH3 is 2. The molecule has 1 aliphatic rings. The van der Waals surface area contributed by atoms with Gasteiger partial charge in [-0.05, 0) is 24.6 Å². The van der Waals surface area contributed by atoms with Gasteiger partial charge >= 0.3 is 0 Å². The lowest BCUT2D eigenvalue weighted by atomic mass is 10.1. The third kappa shape index (κ3) is 3.71. The van der Waals surface area contributed by atoms with Crippen LogP contribution in [0.15, 0.2) is 18.2 Å². The van der Waals surface area contributed by atoms with E-state index in [1.807, 2.05) is 0 Å². The highest BCUT2D eigenvalue weighted by molar-refractivity contribution is 7.91. The predicted octanol–water partition coefficient (Wildman–Crippen LogP) is 0.892. The van der Waals surface area contributed by atoms with Gasteiger partial charge in [-0.15, -0.1) is 0 Å². The van der Waals surface area contributed by atoms with E-state index in [1.165, 1.54) is 4.90 Å². The Labute approximate surface area is 130 Å². The average molecular weight is 327 g/mol. The van der Waals surface area contributed by atoms with E-state index in [4.69, 9.17) is 9.47 Å². The van der Waals surface area contributed by atoms with Crippen molar-refractivity contribution in [3.05, 3.63) is 23.8 Å². The van der Waals surface area contributed by atoms with Crippen LogP contribution in [0.25, 0.3) is 0 Å². The summed E-state index contributed by atoms with van der Waals surface area (Å²) < 4.78 is 33.5. The first kappa shape index (κ1) is 16.6. The molecule has 1 aromatic rings. The van der Waals surface area contributed by atoms with Crippen molar-refractivity contribution in [1.29, 1.82) is 0 Å². The third-order valence-electron chi connectivity index (χ3n) is 3.98. The van der Waals surface area contributed by atoms with Crippen molar-refractivity contribution in [2.75, 3.05) is 32.8 Å². The lowest BCUT2D eigenvalue weighted by Crippen LogP contribution is -2.38. The molecule has 1 saturated heterocycles. The number of sulfone groups is 1. The summed E-state index contributed by atoms with van der Waals surface area (Å²) in [5.74, 6) is 1.33. The average Bonchev–Trinajstić information content (AvgIpc) is 2.86. The molecule has 122 valence electrons. The fourth-order valence-corrected chi connectivity index (χ4v) is 4.37. The number of carbonyl (C=O) groups excluding carboxylic acids is 1. The Hall–Kier alpha value is -1.76. The fourth-order valence-electron chi connectivity index (χ4n) is 2.59. The Balaban J connectivity index is 2.11. The van der Waals surface area contributed by atoms with E-state index in [9.17, 15) is 13.2 Å². The number of nitrogens with zero attached hydrogens (tertiary/aromatic N) is 1. The zero-order valence-electron chi connectivity index (χ0n) is 13.0. The van der Waals surface area contributed by atoms with Crippen LogP contribution in [0.5, 0.6) is 11.5 Å². The lowest BCUT2D eigenvalue weighted by Gasteiger charge is -2.24. The van der Waals surface area contributed by atoms with Crippen molar-refractivity contribution in [3.8, 4) is 11.5 Å². The van der Waals surface area contributed by atoms with E-state index in [-0.39, 0.29) is 29.9 Å².